The summed E-state index contributed by atoms with van der Waals surface area (Å²) in [6.45, 7) is 8.76. The van der Waals surface area contributed by atoms with Gasteiger partial charge in [0.2, 0.25) is 0 Å². The first-order valence-electron chi connectivity index (χ1n) is 9.18. The molecule has 1 aromatic carbocycles. The van der Waals surface area contributed by atoms with E-state index in [9.17, 15) is 19.7 Å². The Morgan fingerprint density at radius 2 is 1.96 bits per heavy atom. The number of piperazine rings is 1. The number of amides is 1. The van der Waals surface area contributed by atoms with Crippen LogP contribution in [0.1, 0.15) is 44.5 Å². The van der Waals surface area contributed by atoms with Crippen LogP contribution in [0, 0.1) is 10.1 Å². The Hall–Kier alpha value is -2.84. The number of ether oxygens (including phenoxy) is 2. The minimum atomic E-state index is -0.636. The van der Waals surface area contributed by atoms with E-state index >= 15 is 0 Å². The average molecular weight is 393 g/mol. The van der Waals surface area contributed by atoms with Gasteiger partial charge in [-0.1, -0.05) is 6.92 Å². The molecule has 0 aliphatic carbocycles. The normalized spacial score (nSPS) is 17.2. The number of anilines is 1. The molecule has 1 aromatic rings. The van der Waals surface area contributed by atoms with Crippen molar-refractivity contribution in [3.05, 3.63) is 33.9 Å². The smallest absolute Gasteiger partial charge is 0.410 e. The quantitative estimate of drug-likeness (QED) is 0.440. The predicted octanol–water partition coefficient (Wildman–Crippen LogP) is 3.22. The molecule has 0 N–H and O–H groups in total. The summed E-state index contributed by atoms with van der Waals surface area (Å²) in [5.41, 5.74) is -0.0506. The molecule has 1 atom stereocenters. The number of nitro benzene ring substituents is 1. The SMILES string of the molecule is CC[C@@H]1CN(C(=O)OC(C)(C)C)CCN1c1ccc([N+](=O)[O-])cc1C(=O)OC. The van der Waals surface area contributed by atoms with E-state index in [0.29, 0.717) is 25.3 Å². The van der Waals surface area contributed by atoms with E-state index < -0.39 is 16.5 Å². The monoisotopic (exact) mass is 393 g/mol. The Balaban J connectivity index is 2.29. The lowest BCUT2D eigenvalue weighted by atomic mass is 10.0. The fourth-order valence-corrected chi connectivity index (χ4v) is 3.18. The number of rotatable bonds is 4. The summed E-state index contributed by atoms with van der Waals surface area (Å²) in [4.78, 5) is 38.8. The number of benzene rings is 1. The van der Waals surface area contributed by atoms with Crippen molar-refractivity contribution < 1.29 is 24.0 Å². The molecule has 9 heteroatoms. The van der Waals surface area contributed by atoms with Crippen molar-refractivity contribution in [2.24, 2.45) is 0 Å². The van der Waals surface area contributed by atoms with Gasteiger partial charge in [-0.3, -0.25) is 10.1 Å². The van der Waals surface area contributed by atoms with Crippen LogP contribution in [-0.2, 0) is 9.47 Å². The lowest BCUT2D eigenvalue weighted by molar-refractivity contribution is -0.384. The Labute approximate surface area is 164 Å². The molecule has 0 bridgehead atoms. The van der Waals surface area contributed by atoms with Gasteiger partial charge in [0.05, 0.1) is 23.3 Å². The van der Waals surface area contributed by atoms with Crippen LogP contribution in [0.15, 0.2) is 18.2 Å². The van der Waals surface area contributed by atoms with Crippen LogP contribution in [0.25, 0.3) is 0 Å². The van der Waals surface area contributed by atoms with Crippen molar-refractivity contribution in [3.63, 3.8) is 0 Å². The van der Waals surface area contributed by atoms with Gasteiger partial charge in [0.15, 0.2) is 0 Å². The Morgan fingerprint density at radius 3 is 2.50 bits per heavy atom. The minimum absolute atomic E-state index is 0.0638. The van der Waals surface area contributed by atoms with Gasteiger partial charge in [0, 0.05) is 37.8 Å². The summed E-state index contributed by atoms with van der Waals surface area (Å²) in [6.07, 6.45) is 0.346. The number of esters is 1. The van der Waals surface area contributed by atoms with Crippen molar-refractivity contribution in [2.45, 2.75) is 45.8 Å². The van der Waals surface area contributed by atoms with E-state index in [1.54, 1.807) is 11.0 Å². The van der Waals surface area contributed by atoms with Gasteiger partial charge in [-0.05, 0) is 33.3 Å². The second kappa shape index (κ2) is 8.45. The van der Waals surface area contributed by atoms with Gasteiger partial charge in [0.25, 0.3) is 5.69 Å². The summed E-state index contributed by atoms with van der Waals surface area (Å²) in [5, 5.41) is 11.1. The van der Waals surface area contributed by atoms with Crippen molar-refractivity contribution in [1.29, 1.82) is 0 Å². The Bertz CT molecular complexity index is 759. The van der Waals surface area contributed by atoms with Crippen molar-refractivity contribution in [2.75, 3.05) is 31.6 Å². The number of methoxy groups -OCH3 is 1. The molecular weight excluding hydrogens is 366 g/mol. The predicted molar refractivity (Wildman–Crippen MR) is 104 cm³/mol. The van der Waals surface area contributed by atoms with Gasteiger partial charge in [-0.25, -0.2) is 9.59 Å². The van der Waals surface area contributed by atoms with E-state index in [-0.39, 0.29) is 23.4 Å². The number of carbonyl (C=O) groups excluding carboxylic acids is 2. The van der Waals surface area contributed by atoms with Crippen LogP contribution >= 0.6 is 0 Å². The molecule has 1 heterocycles. The molecule has 0 radical (unpaired) electrons. The zero-order valence-corrected chi connectivity index (χ0v) is 16.9. The largest absolute Gasteiger partial charge is 0.465 e. The summed E-state index contributed by atoms with van der Waals surface area (Å²) in [5.74, 6) is -0.636. The summed E-state index contributed by atoms with van der Waals surface area (Å²) in [6, 6.07) is 4.10. The van der Waals surface area contributed by atoms with E-state index in [0.717, 1.165) is 6.42 Å². The zero-order valence-electron chi connectivity index (χ0n) is 16.9. The third-order valence-electron chi connectivity index (χ3n) is 4.51. The first-order valence-corrected chi connectivity index (χ1v) is 9.18. The molecule has 1 aliphatic heterocycles. The van der Waals surface area contributed by atoms with Crippen LogP contribution < -0.4 is 4.90 Å². The topological polar surface area (TPSA) is 102 Å². The maximum Gasteiger partial charge on any atom is 0.410 e. The Kier molecular flexibility index (Phi) is 6.48. The highest BCUT2D eigenvalue weighted by Crippen LogP contribution is 2.30. The van der Waals surface area contributed by atoms with Crippen LogP contribution in [0.2, 0.25) is 0 Å². The average Bonchev–Trinajstić information content (AvgIpc) is 2.64. The van der Waals surface area contributed by atoms with Gasteiger partial charge in [-0.15, -0.1) is 0 Å². The van der Waals surface area contributed by atoms with Crippen molar-refractivity contribution in [3.8, 4) is 0 Å². The van der Waals surface area contributed by atoms with Gasteiger partial charge < -0.3 is 19.3 Å². The molecular formula is C19H27N3O6. The molecule has 154 valence electrons. The van der Waals surface area contributed by atoms with Crippen LogP contribution in [0.4, 0.5) is 16.2 Å². The number of hydrogen-bond donors (Lipinski definition) is 0. The maximum atomic E-state index is 12.4. The van der Waals surface area contributed by atoms with Crippen LogP contribution in [0.5, 0.6) is 0 Å². The molecule has 0 unspecified atom stereocenters. The van der Waals surface area contributed by atoms with E-state index in [1.807, 2.05) is 32.6 Å². The summed E-state index contributed by atoms with van der Waals surface area (Å²) in [7, 11) is 1.24. The first kappa shape index (κ1) is 21.5. The number of nitro groups is 1. The van der Waals surface area contributed by atoms with Gasteiger partial charge >= 0.3 is 12.1 Å². The van der Waals surface area contributed by atoms with Crippen LogP contribution in [-0.4, -0.2) is 60.3 Å². The van der Waals surface area contributed by atoms with E-state index in [2.05, 4.69) is 0 Å². The molecule has 0 spiro atoms. The highest BCUT2D eigenvalue weighted by molar-refractivity contribution is 5.96. The summed E-state index contributed by atoms with van der Waals surface area (Å²) >= 11 is 0. The third kappa shape index (κ3) is 4.90. The number of non-ortho nitro benzene ring substituents is 1. The highest BCUT2D eigenvalue weighted by atomic mass is 16.6. The molecule has 1 amide bonds. The molecule has 28 heavy (non-hydrogen) atoms. The Morgan fingerprint density at radius 1 is 1.29 bits per heavy atom. The molecule has 1 aliphatic rings. The number of nitrogens with zero attached hydrogens (tertiary/aromatic N) is 3. The first-order chi connectivity index (χ1) is 13.1. The number of carbonyl (C=O) groups is 2. The zero-order chi connectivity index (χ0) is 21.1. The fraction of sp³-hybridized carbons (Fsp3) is 0.579. The third-order valence-corrected chi connectivity index (χ3v) is 4.51. The highest BCUT2D eigenvalue weighted by Gasteiger charge is 2.33. The fourth-order valence-electron chi connectivity index (χ4n) is 3.18. The minimum Gasteiger partial charge on any atom is -0.465 e. The molecule has 0 aromatic heterocycles. The van der Waals surface area contributed by atoms with Crippen molar-refractivity contribution in [1.82, 2.24) is 4.90 Å². The molecule has 1 fully saturated rings. The molecule has 9 nitrogen and oxygen atoms in total. The second-order valence-corrected chi connectivity index (χ2v) is 7.63. The van der Waals surface area contributed by atoms with Gasteiger partial charge in [-0.2, -0.15) is 0 Å². The molecule has 1 saturated heterocycles. The molecule has 0 saturated carbocycles. The van der Waals surface area contributed by atoms with E-state index in [4.69, 9.17) is 9.47 Å². The van der Waals surface area contributed by atoms with Crippen LogP contribution in [0.3, 0.4) is 0 Å². The molecule has 2 rings (SSSR count). The summed E-state index contributed by atoms with van der Waals surface area (Å²) < 4.78 is 10.3. The lowest BCUT2D eigenvalue weighted by Gasteiger charge is -2.43. The lowest BCUT2D eigenvalue weighted by Crippen LogP contribution is -2.55. The standard InChI is InChI=1S/C19H27N3O6/c1-6-13-12-20(18(24)28-19(2,3)4)9-10-21(13)16-8-7-14(22(25)26)11-15(16)17(23)27-5/h7-8,11,13H,6,9-10,12H2,1-5H3/t13-/m1/s1. The number of hydrogen-bond acceptors (Lipinski definition) is 7. The van der Waals surface area contributed by atoms with Crippen molar-refractivity contribution >= 4 is 23.4 Å². The van der Waals surface area contributed by atoms with Gasteiger partial charge in [0.1, 0.15) is 5.60 Å². The second-order valence-electron chi connectivity index (χ2n) is 7.63. The van der Waals surface area contributed by atoms with E-state index in [1.165, 1.54) is 19.2 Å². The maximum absolute atomic E-state index is 12.4.